The highest BCUT2D eigenvalue weighted by Gasteiger charge is 2.25. The molecule has 5 heteroatoms. The van der Waals surface area contributed by atoms with Crippen molar-refractivity contribution in [2.45, 2.75) is 40.5 Å². The molecule has 0 bridgehead atoms. The van der Waals surface area contributed by atoms with E-state index >= 15 is 0 Å². The first-order chi connectivity index (χ1) is 9.56. The first kappa shape index (κ1) is 21.0. The van der Waals surface area contributed by atoms with Gasteiger partial charge < -0.3 is 15.1 Å². The van der Waals surface area contributed by atoms with Crippen molar-refractivity contribution >= 4 is 29.9 Å². The summed E-state index contributed by atoms with van der Waals surface area (Å²) in [7, 11) is 2.15. The average molecular weight is 410 g/mol. The van der Waals surface area contributed by atoms with E-state index in [0.29, 0.717) is 0 Å². The third-order valence-electron chi connectivity index (χ3n) is 4.01. The van der Waals surface area contributed by atoms with E-state index in [0.717, 1.165) is 50.5 Å². The van der Waals surface area contributed by atoms with Gasteiger partial charge in [0.15, 0.2) is 5.96 Å². The Kier molecular flexibility index (Phi) is 11.5. The number of hydrogen-bond donors (Lipinski definition) is 1. The molecule has 0 aromatic carbocycles. The third kappa shape index (κ3) is 8.24. The standard InChI is InChI=1S/C16H34N4.HI/c1-6-17-16(18-9-11-19(5)7-2)20-10-8-15(13-20)12-14(3)4;/h14-15H,6-13H2,1-5H3,(H,17,18);1H. The van der Waals surface area contributed by atoms with E-state index < -0.39 is 0 Å². The summed E-state index contributed by atoms with van der Waals surface area (Å²) in [6, 6.07) is 0. The Morgan fingerprint density at radius 2 is 2.10 bits per heavy atom. The van der Waals surface area contributed by atoms with Crippen LogP contribution in [0.25, 0.3) is 0 Å². The molecule has 1 saturated heterocycles. The summed E-state index contributed by atoms with van der Waals surface area (Å²) < 4.78 is 0. The van der Waals surface area contributed by atoms with Crippen molar-refractivity contribution in [2.24, 2.45) is 16.8 Å². The predicted molar refractivity (Wildman–Crippen MR) is 104 cm³/mol. The molecule has 1 heterocycles. The van der Waals surface area contributed by atoms with Crippen molar-refractivity contribution in [3.63, 3.8) is 0 Å². The van der Waals surface area contributed by atoms with Crippen LogP contribution in [0.1, 0.15) is 40.5 Å². The molecule has 0 amide bonds. The summed E-state index contributed by atoms with van der Waals surface area (Å²) >= 11 is 0. The molecule has 0 aromatic heterocycles. The fraction of sp³-hybridized carbons (Fsp3) is 0.938. The number of halogens is 1. The van der Waals surface area contributed by atoms with Crippen molar-refractivity contribution in [2.75, 3.05) is 46.3 Å². The van der Waals surface area contributed by atoms with Crippen molar-refractivity contribution in [3.05, 3.63) is 0 Å². The van der Waals surface area contributed by atoms with Gasteiger partial charge in [0.25, 0.3) is 0 Å². The number of rotatable bonds is 7. The maximum atomic E-state index is 4.79. The number of likely N-dealkylation sites (tertiary alicyclic amines) is 1. The highest BCUT2D eigenvalue weighted by Crippen LogP contribution is 2.23. The van der Waals surface area contributed by atoms with Crippen LogP contribution in [0.4, 0.5) is 0 Å². The zero-order valence-electron chi connectivity index (χ0n) is 14.6. The molecule has 1 rings (SSSR count). The maximum absolute atomic E-state index is 4.79. The number of nitrogens with zero attached hydrogens (tertiary/aromatic N) is 3. The predicted octanol–water partition coefficient (Wildman–Crippen LogP) is 2.89. The van der Waals surface area contributed by atoms with Gasteiger partial charge in [0.1, 0.15) is 0 Å². The topological polar surface area (TPSA) is 30.9 Å². The minimum atomic E-state index is 0. The number of nitrogens with one attached hydrogen (secondary N) is 1. The summed E-state index contributed by atoms with van der Waals surface area (Å²) in [4.78, 5) is 9.54. The molecule has 0 radical (unpaired) electrons. The van der Waals surface area contributed by atoms with Crippen LogP contribution in [0.3, 0.4) is 0 Å². The molecular formula is C16H35IN4. The fourth-order valence-corrected chi connectivity index (χ4v) is 2.79. The minimum absolute atomic E-state index is 0. The molecule has 0 spiro atoms. The van der Waals surface area contributed by atoms with Crippen molar-refractivity contribution < 1.29 is 0 Å². The summed E-state index contributed by atoms with van der Waals surface area (Å²) in [5.74, 6) is 2.76. The van der Waals surface area contributed by atoms with Crippen LogP contribution in [0.2, 0.25) is 0 Å². The lowest BCUT2D eigenvalue weighted by Crippen LogP contribution is -2.40. The van der Waals surface area contributed by atoms with Gasteiger partial charge in [0.2, 0.25) is 0 Å². The number of aliphatic imine (C=N–C) groups is 1. The molecule has 21 heavy (non-hydrogen) atoms. The monoisotopic (exact) mass is 410 g/mol. The molecule has 0 aromatic rings. The normalized spacial score (nSPS) is 19.3. The Balaban J connectivity index is 0.00000400. The smallest absolute Gasteiger partial charge is 0.193 e. The Hall–Kier alpha value is -0.0400. The molecular weight excluding hydrogens is 375 g/mol. The lowest BCUT2D eigenvalue weighted by molar-refractivity contribution is 0.361. The molecule has 1 N–H and O–H groups in total. The summed E-state index contributed by atoms with van der Waals surface area (Å²) in [6.45, 7) is 15.3. The molecule has 126 valence electrons. The van der Waals surface area contributed by atoms with E-state index in [4.69, 9.17) is 4.99 Å². The van der Waals surface area contributed by atoms with Crippen LogP contribution in [0, 0.1) is 11.8 Å². The Morgan fingerprint density at radius 3 is 2.67 bits per heavy atom. The maximum Gasteiger partial charge on any atom is 0.193 e. The second-order valence-corrected chi connectivity index (χ2v) is 6.36. The van der Waals surface area contributed by atoms with Crippen LogP contribution < -0.4 is 5.32 Å². The van der Waals surface area contributed by atoms with E-state index in [1.54, 1.807) is 0 Å². The van der Waals surface area contributed by atoms with Crippen molar-refractivity contribution in [1.29, 1.82) is 0 Å². The van der Waals surface area contributed by atoms with Gasteiger partial charge in [-0.25, -0.2) is 0 Å². The number of hydrogen-bond acceptors (Lipinski definition) is 2. The second-order valence-electron chi connectivity index (χ2n) is 6.36. The van der Waals surface area contributed by atoms with Gasteiger partial charge in [0, 0.05) is 26.2 Å². The zero-order valence-corrected chi connectivity index (χ0v) is 16.9. The van der Waals surface area contributed by atoms with Crippen LogP contribution >= 0.6 is 24.0 Å². The minimum Gasteiger partial charge on any atom is -0.357 e. The molecule has 1 aliphatic rings. The lowest BCUT2D eigenvalue weighted by Gasteiger charge is -2.22. The first-order valence-corrected chi connectivity index (χ1v) is 8.28. The van der Waals surface area contributed by atoms with E-state index in [1.807, 2.05) is 0 Å². The van der Waals surface area contributed by atoms with Crippen molar-refractivity contribution in [1.82, 2.24) is 15.1 Å². The zero-order chi connectivity index (χ0) is 15.0. The quantitative estimate of drug-likeness (QED) is 0.398. The van der Waals surface area contributed by atoms with Crippen LogP contribution in [-0.2, 0) is 0 Å². The molecule has 1 atom stereocenters. The first-order valence-electron chi connectivity index (χ1n) is 8.28. The highest BCUT2D eigenvalue weighted by molar-refractivity contribution is 14.0. The molecule has 0 aliphatic carbocycles. The van der Waals surface area contributed by atoms with Gasteiger partial charge in [-0.1, -0.05) is 20.8 Å². The van der Waals surface area contributed by atoms with Crippen LogP contribution in [0.15, 0.2) is 4.99 Å². The van der Waals surface area contributed by atoms with Gasteiger partial charge in [-0.2, -0.15) is 0 Å². The molecule has 1 aliphatic heterocycles. The second kappa shape index (κ2) is 11.5. The lowest BCUT2D eigenvalue weighted by atomic mass is 9.97. The van der Waals surface area contributed by atoms with E-state index in [2.05, 4.69) is 49.9 Å². The number of likely N-dealkylation sites (N-methyl/N-ethyl adjacent to an activating group) is 1. The van der Waals surface area contributed by atoms with Gasteiger partial charge in [-0.05, 0) is 45.2 Å². The summed E-state index contributed by atoms with van der Waals surface area (Å²) in [5.41, 5.74) is 0. The average Bonchev–Trinajstić information content (AvgIpc) is 2.85. The van der Waals surface area contributed by atoms with Gasteiger partial charge in [-0.3, -0.25) is 4.99 Å². The summed E-state index contributed by atoms with van der Waals surface area (Å²) in [5, 5.41) is 3.45. The van der Waals surface area contributed by atoms with E-state index in [1.165, 1.54) is 19.4 Å². The van der Waals surface area contributed by atoms with Crippen LogP contribution in [-0.4, -0.2) is 62.1 Å². The largest absolute Gasteiger partial charge is 0.357 e. The van der Waals surface area contributed by atoms with E-state index in [-0.39, 0.29) is 24.0 Å². The molecule has 4 nitrogen and oxygen atoms in total. The molecule has 1 fully saturated rings. The third-order valence-corrected chi connectivity index (χ3v) is 4.01. The molecule has 0 saturated carbocycles. The Morgan fingerprint density at radius 1 is 1.38 bits per heavy atom. The van der Waals surface area contributed by atoms with E-state index in [9.17, 15) is 0 Å². The van der Waals surface area contributed by atoms with Gasteiger partial charge in [-0.15, -0.1) is 24.0 Å². The Bertz CT molecular complexity index is 294. The number of guanidine groups is 1. The fourth-order valence-electron chi connectivity index (χ4n) is 2.79. The highest BCUT2D eigenvalue weighted by atomic mass is 127. The van der Waals surface area contributed by atoms with Crippen LogP contribution in [0.5, 0.6) is 0 Å². The summed E-state index contributed by atoms with van der Waals surface area (Å²) in [6.07, 6.45) is 2.66. The molecule has 1 unspecified atom stereocenters. The van der Waals surface area contributed by atoms with Gasteiger partial charge >= 0.3 is 0 Å². The van der Waals surface area contributed by atoms with Crippen molar-refractivity contribution in [3.8, 4) is 0 Å². The van der Waals surface area contributed by atoms with Gasteiger partial charge in [0.05, 0.1) is 6.54 Å². The SMILES string of the molecule is CCNC(=NCCN(C)CC)N1CCC(CC(C)C)C1.I. The Labute approximate surface area is 148 Å².